The van der Waals surface area contributed by atoms with Crippen LogP contribution in [0.25, 0.3) is 0 Å². The van der Waals surface area contributed by atoms with Gasteiger partial charge in [0.05, 0.1) is 6.10 Å². The second-order valence-corrected chi connectivity index (χ2v) is 3.03. The molecular formula is C9H20O2. The zero-order chi connectivity index (χ0) is 8.69. The van der Waals surface area contributed by atoms with Gasteiger partial charge in [0.25, 0.3) is 0 Å². The molecule has 2 heteroatoms. The van der Waals surface area contributed by atoms with Gasteiger partial charge in [0.1, 0.15) is 0 Å². The van der Waals surface area contributed by atoms with E-state index in [1.54, 1.807) is 7.11 Å². The van der Waals surface area contributed by atoms with Gasteiger partial charge in [0, 0.05) is 13.7 Å². The fourth-order valence-corrected chi connectivity index (χ4v) is 1.40. The number of aliphatic hydroxyl groups is 1. The molecule has 0 aliphatic rings. The first kappa shape index (κ1) is 10.9. The lowest BCUT2D eigenvalue weighted by atomic mass is 9.97. The highest BCUT2D eigenvalue weighted by Crippen LogP contribution is 2.15. The number of methoxy groups -OCH3 is 1. The first-order valence-corrected chi connectivity index (χ1v) is 4.39. The van der Waals surface area contributed by atoms with E-state index in [4.69, 9.17) is 9.84 Å². The Morgan fingerprint density at radius 1 is 1.45 bits per heavy atom. The summed E-state index contributed by atoms with van der Waals surface area (Å²) in [4.78, 5) is 0. The van der Waals surface area contributed by atoms with Crippen LogP contribution < -0.4 is 0 Å². The molecule has 0 saturated heterocycles. The van der Waals surface area contributed by atoms with Crippen LogP contribution in [0.5, 0.6) is 0 Å². The van der Waals surface area contributed by atoms with Crippen LogP contribution in [0, 0.1) is 5.92 Å². The molecule has 0 saturated carbocycles. The van der Waals surface area contributed by atoms with E-state index in [-0.39, 0.29) is 0 Å². The van der Waals surface area contributed by atoms with Gasteiger partial charge in [0.2, 0.25) is 0 Å². The van der Waals surface area contributed by atoms with Crippen molar-refractivity contribution in [2.75, 3.05) is 13.7 Å². The molecule has 2 atom stereocenters. The molecule has 0 aromatic carbocycles. The van der Waals surface area contributed by atoms with Crippen LogP contribution in [0.15, 0.2) is 0 Å². The Labute approximate surface area is 69.6 Å². The molecule has 1 unspecified atom stereocenters. The van der Waals surface area contributed by atoms with Crippen molar-refractivity contribution in [3.8, 4) is 0 Å². The van der Waals surface area contributed by atoms with Gasteiger partial charge in [-0.2, -0.15) is 0 Å². The maximum atomic E-state index is 8.60. The summed E-state index contributed by atoms with van der Waals surface area (Å²) in [5.41, 5.74) is 0. The largest absolute Gasteiger partial charge is 0.396 e. The molecule has 0 bridgehead atoms. The Kier molecular flexibility index (Phi) is 6.57. The van der Waals surface area contributed by atoms with Crippen molar-refractivity contribution in [2.24, 2.45) is 5.92 Å². The zero-order valence-electron chi connectivity index (χ0n) is 7.84. The fraction of sp³-hybridized carbons (Fsp3) is 1.00. The molecule has 0 heterocycles. The van der Waals surface area contributed by atoms with Crippen molar-refractivity contribution >= 4 is 0 Å². The molecule has 0 rings (SSSR count). The molecule has 0 aliphatic carbocycles. The van der Waals surface area contributed by atoms with Crippen LogP contribution in [0.3, 0.4) is 0 Å². The summed E-state index contributed by atoms with van der Waals surface area (Å²) in [6.07, 6.45) is 3.37. The standard InChI is InChI=1S/C9H20O2/c1-4-9(11-3)8(2)6-5-7-10/h8-10H,4-7H2,1-3H3/t8-,9?/m0/s1. The number of aliphatic hydroxyl groups excluding tert-OH is 1. The number of hydrogen-bond donors (Lipinski definition) is 1. The summed E-state index contributed by atoms with van der Waals surface area (Å²) < 4.78 is 5.28. The highest BCUT2D eigenvalue weighted by Gasteiger charge is 2.13. The Balaban J connectivity index is 3.51. The van der Waals surface area contributed by atoms with Crippen molar-refractivity contribution in [1.29, 1.82) is 0 Å². The van der Waals surface area contributed by atoms with Crippen molar-refractivity contribution in [2.45, 2.75) is 39.2 Å². The summed E-state index contributed by atoms with van der Waals surface area (Å²) in [5.74, 6) is 0.567. The average molecular weight is 160 g/mol. The van der Waals surface area contributed by atoms with E-state index in [9.17, 15) is 0 Å². The summed E-state index contributed by atoms with van der Waals surface area (Å²) in [5, 5.41) is 8.60. The molecule has 1 N–H and O–H groups in total. The van der Waals surface area contributed by atoms with Crippen molar-refractivity contribution < 1.29 is 9.84 Å². The molecular weight excluding hydrogens is 140 g/mol. The van der Waals surface area contributed by atoms with Gasteiger partial charge in [-0.1, -0.05) is 13.8 Å². The fourth-order valence-electron chi connectivity index (χ4n) is 1.40. The van der Waals surface area contributed by atoms with Gasteiger partial charge in [0.15, 0.2) is 0 Å². The van der Waals surface area contributed by atoms with Crippen molar-refractivity contribution in [3.05, 3.63) is 0 Å². The van der Waals surface area contributed by atoms with E-state index in [0.717, 1.165) is 19.3 Å². The smallest absolute Gasteiger partial charge is 0.0594 e. The van der Waals surface area contributed by atoms with E-state index in [0.29, 0.717) is 18.6 Å². The summed E-state index contributed by atoms with van der Waals surface area (Å²) >= 11 is 0. The maximum Gasteiger partial charge on any atom is 0.0594 e. The predicted molar refractivity (Wildman–Crippen MR) is 46.6 cm³/mol. The summed E-state index contributed by atoms with van der Waals surface area (Å²) in [7, 11) is 1.75. The predicted octanol–water partition coefficient (Wildman–Crippen LogP) is 1.82. The number of ether oxygens (including phenoxy) is 1. The van der Waals surface area contributed by atoms with E-state index < -0.39 is 0 Å². The van der Waals surface area contributed by atoms with Crippen LogP contribution in [0.1, 0.15) is 33.1 Å². The lowest BCUT2D eigenvalue weighted by Crippen LogP contribution is -2.19. The van der Waals surface area contributed by atoms with E-state index in [1.165, 1.54) is 0 Å². The SMILES string of the molecule is CCC(OC)[C@@H](C)CCCO. The maximum absolute atomic E-state index is 8.60. The molecule has 0 radical (unpaired) electrons. The first-order valence-electron chi connectivity index (χ1n) is 4.39. The average Bonchev–Trinajstić information content (AvgIpc) is 2.03. The monoisotopic (exact) mass is 160 g/mol. The van der Waals surface area contributed by atoms with Gasteiger partial charge >= 0.3 is 0 Å². The van der Waals surface area contributed by atoms with Crippen LogP contribution in [0.2, 0.25) is 0 Å². The quantitative estimate of drug-likeness (QED) is 0.642. The van der Waals surface area contributed by atoms with E-state index in [1.807, 2.05) is 0 Å². The first-order chi connectivity index (χ1) is 5.26. The summed E-state index contributed by atoms with van der Waals surface area (Å²) in [6, 6.07) is 0. The zero-order valence-corrected chi connectivity index (χ0v) is 7.84. The Hall–Kier alpha value is -0.0800. The normalized spacial score (nSPS) is 16.4. The highest BCUT2D eigenvalue weighted by atomic mass is 16.5. The molecule has 11 heavy (non-hydrogen) atoms. The second kappa shape index (κ2) is 6.62. The number of rotatable bonds is 6. The minimum atomic E-state index is 0.296. The van der Waals surface area contributed by atoms with Gasteiger partial charge in [-0.15, -0.1) is 0 Å². The van der Waals surface area contributed by atoms with Crippen molar-refractivity contribution in [1.82, 2.24) is 0 Å². The minimum absolute atomic E-state index is 0.296. The highest BCUT2D eigenvalue weighted by molar-refractivity contribution is 4.63. The lowest BCUT2D eigenvalue weighted by molar-refractivity contribution is 0.0499. The molecule has 0 spiro atoms. The van der Waals surface area contributed by atoms with Crippen LogP contribution >= 0.6 is 0 Å². The van der Waals surface area contributed by atoms with Gasteiger partial charge in [-0.3, -0.25) is 0 Å². The van der Waals surface area contributed by atoms with Crippen molar-refractivity contribution in [3.63, 3.8) is 0 Å². The van der Waals surface area contributed by atoms with Gasteiger partial charge < -0.3 is 9.84 Å². The summed E-state index contributed by atoms with van der Waals surface area (Å²) in [6.45, 7) is 4.60. The third-order valence-corrected chi connectivity index (χ3v) is 2.16. The topological polar surface area (TPSA) is 29.5 Å². The minimum Gasteiger partial charge on any atom is -0.396 e. The van der Waals surface area contributed by atoms with E-state index >= 15 is 0 Å². The Bertz CT molecular complexity index is 79.6. The third-order valence-electron chi connectivity index (χ3n) is 2.16. The molecule has 0 aromatic rings. The molecule has 2 nitrogen and oxygen atoms in total. The van der Waals surface area contributed by atoms with Crippen LogP contribution in [0.4, 0.5) is 0 Å². The lowest BCUT2D eigenvalue weighted by Gasteiger charge is -2.20. The van der Waals surface area contributed by atoms with Crippen LogP contribution in [-0.4, -0.2) is 24.9 Å². The molecule has 68 valence electrons. The van der Waals surface area contributed by atoms with Gasteiger partial charge in [-0.25, -0.2) is 0 Å². The second-order valence-electron chi connectivity index (χ2n) is 3.03. The van der Waals surface area contributed by atoms with E-state index in [2.05, 4.69) is 13.8 Å². The molecule has 0 amide bonds. The molecule has 0 aromatic heterocycles. The third kappa shape index (κ3) is 4.38. The van der Waals surface area contributed by atoms with Gasteiger partial charge in [-0.05, 0) is 25.2 Å². The molecule has 0 aliphatic heterocycles. The Morgan fingerprint density at radius 2 is 2.09 bits per heavy atom. The van der Waals surface area contributed by atoms with Crippen LogP contribution in [-0.2, 0) is 4.74 Å². The molecule has 0 fully saturated rings. The number of hydrogen-bond acceptors (Lipinski definition) is 2. The Morgan fingerprint density at radius 3 is 2.45 bits per heavy atom.